The minimum absolute atomic E-state index is 0.611. The first kappa shape index (κ1) is 8.72. The molecule has 1 aromatic rings. The second-order valence-electron chi connectivity index (χ2n) is 2.56. The summed E-state index contributed by atoms with van der Waals surface area (Å²) >= 11 is 0. The molecule has 1 rings (SSSR count). The predicted molar refractivity (Wildman–Crippen MR) is 44.4 cm³/mol. The predicted octanol–water partition coefficient (Wildman–Crippen LogP) is 1.12. The van der Waals surface area contributed by atoms with Gasteiger partial charge in [-0.05, 0) is 13.3 Å². The molecule has 0 N–H and O–H groups in total. The Labute approximate surface area is 71.8 Å². The number of rotatable bonds is 3. The Morgan fingerprint density at radius 2 is 2.25 bits per heavy atom. The van der Waals surface area contributed by atoms with Crippen molar-refractivity contribution in [2.45, 2.75) is 33.2 Å². The Balaban J connectivity index is 2.99. The van der Waals surface area contributed by atoms with E-state index < -0.39 is 0 Å². The van der Waals surface area contributed by atoms with E-state index in [1.54, 1.807) is 4.68 Å². The molecule has 0 atom stereocenters. The van der Waals surface area contributed by atoms with Gasteiger partial charge < -0.3 is 0 Å². The summed E-state index contributed by atoms with van der Waals surface area (Å²) in [5.41, 5.74) is 1.43. The van der Waals surface area contributed by atoms with Crippen LogP contribution in [0, 0.1) is 11.3 Å². The molecule has 1 aromatic heterocycles. The smallest absolute Gasteiger partial charge is 0.161 e. The van der Waals surface area contributed by atoms with Crippen LogP contribution < -0.4 is 0 Å². The molecule has 0 saturated carbocycles. The van der Waals surface area contributed by atoms with Crippen LogP contribution in [-0.4, -0.2) is 15.0 Å². The highest BCUT2D eigenvalue weighted by molar-refractivity contribution is 5.25. The van der Waals surface area contributed by atoms with Crippen LogP contribution >= 0.6 is 0 Å². The Morgan fingerprint density at radius 1 is 1.50 bits per heavy atom. The molecule has 0 aliphatic rings. The number of hydrogen-bond acceptors (Lipinski definition) is 3. The number of aromatic nitrogens is 3. The highest BCUT2D eigenvalue weighted by Gasteiger charge is 2.09. The molecular formula is C8H12N4. The van der Waals surface area contributed by atoms with Crippen molar-refractivity contribution in [1.29, 1.82) is 5.26 Å². The van der Waals surface area contributed by atoms with Crippen molar-refractivity contribution in [2.75, 3.05) is 0 Å². The van der Waals surface area contributed by atoms with Crippen molar-refractivity contribution < 1.29 is 0 Å². The average molecular weight is 164 g/mol. The van der Waals surface area contributed by atoms with Crippen molar-refractivity contribution in [2.24, 2.45) is 0 Å². The van der Waals surface area contributed by atoms with Crippen LogP contribution in [0.2, 0.25) is 0 Å². The largest absolute Gasteiger partial charge is 0.235 e. The van der Waals surface area contributed by atoms with Gasteiger partial charge in [0.2, 0.25) is 0 Å². The van der Waals surface area contributed by atoms with Gasteiger partial charge in [-0.25, -0.2) is 4.68 Å². The molecule has 0 aromatic carbocycles. The van der Waals surface area contributed by atoms with Crippen molar-refractivity contribution in [1.82, 2.24) is 15.0 Å². The van der Waals surface area contributed by atoms with Crippen molar-refractivity contribution in [3.05, 3.63) is 11.4 Å². The van der Waals surface area contributed by atoms with Crippen LogP contribution in [0.3, 0.4) is 0 Å². The van der Waals surface area contributed by atoms with E-state index in [1.165, 1.54) is 0 Å². The summed E-state index contributed by atoms with van der Waals surface area (Å²) in [6.45, 7) is 4.72. The van der Waals surface area contributed by atoms with E-state index in [0.717, 1.165) is 18.5 Å². The van der Waals surface area contributed by atoms with Gasteiger partial charge in [-0.2, -0.15) is 5.26 Å². The van der Waals surface area contributed by atoms with Gasteiger partial charge in [-0.1, -0.05) is 18.6 Å². The van der Waals surface area contributed by atoms with Crippen molar-refractivity contribution in [3.63, 3.8) is 0 Å². The fraction of sp³-hybridized carbons (Fsp3) is 0.625. The monoisotopic (exact) mass is 164 g/mol. The number of nitrogens with zero attached hydrogens (tertiary/aromatic N) is 4. The lowest BCUT2D eigenvalue weighted by molar-refractivity contribution is 0.620. The molecule has 4 heteroatoms. The molecule has 0 fully saturated rings. The zero-order valence-electron chi connectivity index (χ0n) is 7.41. The van der Waals surface area contributed by atoms with Crippen LogP contribution in [0.4, 0.5) is 0 Å². The zero-order valence-corrected chi connectivity index (χ0v) is 7.41. The van der Waals surface area contributed by atoms with Gasteiger partial charge in [-0.15, -0.1) is 5.10 Å². The third-order valence-electron chi connectivity index (χ3n) is 1.70. The molecule has 1 heterocycles. The quantitative estimate of drug-likeness (QED) is 0.672. The van der Waals surface area contributed by atoms with Crippen LogP contribution in [0.15, 0.2) is 0 Å². The Hall–Kier alpha value is -1.37. The molecule has 0 aliphatic carbocycles. The van der Waals surface area contributed by atoms with Crippen LogP contribution in [-0.2, 0) is 13.0 Å². The SMILES string of the molecule is CCCc1nnn(CC)c1C#N. The third-order valence-corrected chi connectivity index (χ3v) is 1.70. The molecule has 12 heavy (non-hydrogen) atoms. The molecule has 64 valence electrons. The van der Waals surface area contributed by atoms with Gasteiger partial charge in [0, 0.05) is 6.54 Å². The Morgan fingerprint density at radius 3 is 2.75 bits per heavy atom. The van der Waals surface area contributed by atoms with Crippen molar-refractivity contribution in [3.8, 4) is 6.07 Å². The summed E-state index contributed by atoms with van der Waals surface area (Å²) in [5, 5.41) is 16.6. The maximum absolute atomic E-state index is 8.80. The lowest BCUT2D eigenvalue weighted by Crippen LogP contribution is -2.00. The third kappa shape index (κ3) is 1.45. The molecule has 4 nitrogen and oxygen atoms in total. The van der Waals surface area contributed by atoms with Crippen LogP contribution in [0.5, 0.6) is 0 Å². The highest BCUT2D eigenvalue weighted by Crippen LogP contribution is 2.05. The second kappa shape index (κ2) is 3.86. The van der Waals surface area contributed by atoms with E-state index in [1.807, 2.05) is 6.92 Å². The van der Waals surface area contributed by atoms with Gasteiger partial charge in [0.25, 0.3) is 0 Å². The Kier molecular flexibility index (Phi) is 2.81. The van der Waals surface area contributed by atoms with Crippen LogP contribution in [0.25, 0.3) is 0 Å². The van der Waals surface area contributed by atoms with Gasteiger partial charge in [0.15, 0.2) is 5.69 Å². The number of nitriles is 1. The lowest BCUT2D eigenvalue weighted by Gasteiger charge is -1.94. The highest BCUT2D eigenvalue weighted by atomic mass is 15.4. The average Bonchev–Trinajstić information content (AvgIpc) is 2.47. The molecule has 0 unspecified atom stereocenters. The molecule has 0 bridgehead atoms. The number of aryl methyl sites for hydroxylation is 2. The summed E-state index contributed by atoms with van der Waals surface area (Å²) in [7, 11) is 0. The lowest BCUT2D eigenvalue weighted by atomic mass is 10.2. The normalized spacial score (nSPS) is 9.75. The van der Waals surface area contributed by atoms with Gasteiger partial charge in [0.1, 0.15) is 11.8 Å². The molecule has 0 saturated heterocycles. The first-order chi connectivity index (χ1) is 5.83. The van der Waals surface area contributed by atoms with E-state index in [2.05, 4.69) is 23.3 Å². The molecule has 0 spiro atoms. The standard InChI is InChI=1S/C8H12N4/c1-3-5-7-8(6-9)12(4-2)11-10-7/h3-5H2,1-2H3. The summed E-state index contributed by atoms with van der Waals surface area (Å²) < 4.78 is 1.63. The maximum Gasteiger partial charge on any atom is 0.161 e. The first-order valence-electron chi connectivity index (χ1n) is 4.15. The van der Waals surface area contributed by atoms with E-state index in [0.29, 0.717) is 12.2 Å². The van der Waals surface area contributed by atoms with Crippen LogP contribution in [0.1, 0.15) is 31.7 Å². The first-order valence-corrected chi connectivity index (χ1v) is 4.15. The second-order valence-corrected chi connectivity index (χ2v) is 2.56. The summed E-state index contributed by atoms with van der Waals surface area (Å²) in [4.78, 5) is 0. The number of hydrogen-bond donors (Lipinski definition) is 0. The molecule has 0 amide bonds. The van der Waals surface area contributed by atoms with Crippen molar-refractivity contribution >= 4 is 0 Å². The van der Waals surface area contributed by atoms with Gasteiger partial charge in [-0.3, -0.25) is 0 Å². The Bertz CT molecular complexity index is 294. The topological polar surface area (TPSA) is 54.5 Å². The van der Waals surface area contributed by atoms with Gasteiger partial charge in [0.05, 0.1) is 0 Å². The maximum atomic E-state index is 8.80. The van der Waals surface area contributed by atoms with E-state index >= 15 is 0 Å². The fourth-order valence-corrected chi connectivity index (χ4v) is 1.10. The molecule has 0 aliphatic heterocycles. The minimum Gasteiger partial charge on any atom is -0.235 e. The zero-order chi connectivity index (χ0) is 8.97. The van der Waals surface area contributed by atoms with E-state index in [9.17, 15) is 0 Å². The summed E-state index contributed by atoms with van der Waals surface area (Å²) in [6.07, 6.45) is 1.83. The summed E-state index contributed by atoms with van der Waals surface area (Å²) in [5.74, 6) is 0. The summed E-state index contributed by atoms with van der Waals surface area (Å²) in [6, 6.07) is 2.12. The molecular weight excluding hydrogens is 152 g/mol. The minimum atomic E-state index is 0.611. The fourth-order valence-electron chi connectivity index (χ4n) is 1.10. The van der Waals surface area contributed by atoms with E-state index in [-0.39, 0.29) is 0 Å². The molecule has 0 radical (unpaired) electrons. The van der Waals surface area contributed by atoms with E-state index in [4.69, 9.17) is 5.26 Å². The van der Waals surface area contributed by atoms with Gasteiger partial charge >= 0.3 is 0 Å².